The molecule has 0 radical (unpaired) electrons. The SMILES string of the molecule is c1ccc(-c2nc(-c3cc4c(cc3-n3c5ccccc5c5ccccc53)sc3ccccc34)c3sc4ccccc4c3n2)cc1. The number of rotatable bonds is 3. The maximum atomic E-state index is 5.43. The topological polar surface area (TPSA) is 30.7 Å². The van der Waals surface area contributed by atoms with Gasteiger partial charge in [-0.1, -0.05) is 103 Å². The van der Waals surface area contributed by atoms with E-state index >= 15 is 0 Å². The summed E-state index contributed by atoms with van der Waals surface area (Å²) in [4.78, 5) is 10.6. The first-order chi connectivity index (χ1) is 22.3. The molecule has 0 amide bonds. The van der Waals surface area contributed by atoms with Crippen molar-refractivity contribution in [2.75, 3.05) is 0 Å². The Bertz CT molecular complexity index is 2710. The van der Waals surface area contributed by atoms with Crippen molar-refractivity contribution in [3.63, 3.8) is 0 Å². The van der Waals surface area contributed by atoms with Crippen molar-refractivity contribution in [3.8, 4) is 28.3 Å². The molecule has 0 spiro atoms. The van der Waals surface area contributed by atoms with E-state index in [2.05, 4.69) is 138 Å². The highest BCUT2D eigenvalue weighted by Crippen LogP contribution is 2.46. The van der Waals surface area contributed by atoms with E-state index in [1.807, 2.05) is 17.4 Å². The molecule has 45 heavy (non-hydrogen) atoms. The zero-order valence-electron chi connectivity index (χ0n) is 23.9. The lowest BCUT2D eigenvalue weighted by molar-refractivity contribution is 1.17. The molecule has 4 aromatic heterocycles. The van der Waals surface area contributed by atoms with Gasteiger partial charge in [0.05, 0.1) is 32.6 Å². The molecule has 210 valence electrons. The van der Waals surface area contributed by atoms with Gasteiger partial charge in [-0.25, -0.2) is 9.97 Å². The highest BCUT2D eigenvalue weighted by atomic mass is 32.1. The normalized spacial score (nSPS) is 12.0. The van der Waals surface area contributed by atoms with Crippen LogP contribution in [-0.4, -0.2) is 14.5 Å². The summed E-state index contributed by atoms with van der Waals surface area (Å²) in [5.41, 5.74) is 7.58. The van der Waals surface area contributed by atoms with Gasteiger partial charge < -0.3 is 4.57 Å². The van der Waals surface area contributed by atoms with E-state index in [9.17, 15) is 0 Å². The highest BCUT2D eigenvalue weighted by molar-refractivity contribution is 7.26. The quantitative estimate of drug-likeness (QED) is 0.199. The monoisotopic (exact) mass is 609 g/mol. The lowest BCUT2D eigenvalue weighted by atomic mass is 10.0. The first-order valence-corrected chi connectivity index (χ1v) is 16.6. The number of aromatic nitrogens is 3. The third-order valence-electron chi connectivity index (χ3n) is 8.82. The number of hydrogen-bond donors (Lipinski definition) is 0. The van der Waals surface area contributed by atoms with Gasteiger partial charge in [-0.3, -0.25) is 0 Å². The number of para-hydroxylation sites is 2. The number of benzene rings is 6. The summed E-state index contributed by atoms with van der Waals surface area (Å²) < 4.78 is 7.32. The Kier molecular flexibility index (Phi) is 5.32. The summed E-state index contributed by atoms with van der Waals surface area (Å²) in [7, 11) is 0. The van der Waals surface area contributed by atoms with Gasteiger partial charge in [-0.2, -0.15) is 0 Å². The molecule has 4 heterocycles. The molecule has 0 saturated carbocycles. The van der Waals surface area contributed by atoms with Gasteiger partial charge in [-0.15, -0.1) is 22.7 Å². The number of nitrogens with zero attached hydrogens (tertiary/aromatic N) is 3. The van der Waals surface area contributed by atoms with Crippen molar-refractivity contribution < 1.29 is 0 Å². The Morgan fingerprint density at radius 3 is 1.80 bits per heavy atom. The van der Waals surface area contributed by atoms with Crippen molar-refractivity contribution in [3.05, 3.63) is 140 Å². The molecular weight excluding hydrogens is 587 g/mol. The van der Waals surface area contributed by atoms with Crippen molar-refractivity contribution in [2.45, 2.75) is 0 Å². The van der Waals surface area contributed by atoms with Gasteiger partial charge in [0, 0.05) is 52.2 Å². The average Bonchev–Trinajstić information content (AvgIpc) is 3.77. The molecule has 0 saturated heterocycles. The zero-order chi connectivity index (χ0) is 29.5. The largest absolute Gasteiger partial charge is 0.309 e. The van der Waals surface area contributed by atoms with Crippen molar-refractivity contribution in [1.82, 2.24) is 14.5 Å². The molecule has 0 aliphatic carbocycles. The third kappa shape index (κ3) is 3.69. The van der Waals surface area contributed by atoms with E-state index in [1.165, 1.54) is 52.1 Å². The minimum Gasteiger partial charge on any atom is -0.309 e. The molecular formula is C40H23N3S2. The van der Waals surface area contributed by atoms with Crippen LogP contribution in [0.3, 0.4) is 0 Å². The van der Waals surface area contributed by atoms with E-state index in [1.54, 1.807) is 11.3 Å². The summed E-state index contributed by atoms with van der Waals surface area (Å²) >= 11 is 3.63. The van der Waals surface area contributed by atoms with E-state index in [0.29, 0.717) is 0 Å². The lowest BCUT2D eigenvalue weighted by Crippen LogP contribution is -2.00. The molecule has 0 atom stereocenters. The van der Waals surface area contributed by atoms with Crippen molar-refractivity contribution in [1.29, 1.82) is 0 Å². The first kappa shape index (κ1) is 25.0. The molecule has 3 nitrogen and oxygen atoms in total. The smallest absolute Gasteiger partial charge is 0.160 e. The highest BCUT2D eigenvalue weighted by Gasteiger charge is 2.23. The van der Waals surface area contributed by atoms with E-state index in [0.717, 1.165) is 38.5 Å². The van der Waals surface area contributed by atoms with Crippen LogP contribution < -0.4 is 0 Å². The molecule has 6 aromatic carbocycles. The van der Waals surface area contributed by atoms with Crippen LogP contribution in [-0.2, 0) is 0 Å². The summed E-state index contributed by atoms with van der Waals surface area (Å²) in [5, 5.41) is 6.19. The second-order valence-electron chi connectivity index (χ2n) is 11.4. The van der Waals surface area contributed by atoms with Gasteiger partial charge >= 0.3 is 0 Å². The van der Waals surface area contributed by atoms with Crippen LogP contribution in [0.25, 0.3) is 90.6 Å². The van der Waals surface area contributed by atoms with Gasteiger partial charge in [0.2, 0.25) is 0 Å². The number of hydrogen-bond acceptors (Lipinski definition) is 4. The van der Waals surface area contributed by atoms with Crippen LogP contribution in [0.1, 0.15) is 0 Å². The average molecular weight is 610 g/mol. The third-order valence-corrected chi connectivity index (χ3v) is 11.1. The Labute approximate surface area is 266 Å². The minimum atomic E-state index is 0.741. The second-order valence-corrected chi connectivity index (χ2v) is 13.5. The first-order valence-electron chi connectivity index (χ1n) is 15.0. The van der Waals surface area contributed by atoms with Crippen LogP contribution >= 0.6 is 22.7 Å². The fraction of sp³-hybridized carbons (Fsp3) is 0. The van der Waals surface area contributed by atoms with Gasteiger partial charge in [0.1, 0.15) is 0 Å². The molecule has 0 aliphatic heterocycles. The molecule has 0 unspecified atom stereocenters. The van der Waals surface area contributed by atoms with Gasteiger partial charge in [-0.05, 0) is 36.4 Å². The summed E-state index contributed by atoms with van der Waals surface area (Å²) in [6, 6.07) is 49.9. The summed E-state index contributed by atoms with van der Waals surface area (Å²) in [6.45, 7) is 0. The van der Waals surface area contributed by atoms with Gasteiger partial charge in [0.25, 0.3) is 0 Å². The molecule has 0 bridgehead atoms. The fourth-order valence-corrected chi connectivity index (χ4v) is 9.07. The maximum absolute atomic E-state index is 5.43. The molecule has 10 rings (SSSR count). The molecule has 0 N–H and O–H groups in total. The van der Waals surface area contributed by atoms with E-state index < -0.39 is 0 Å². The minimum absolute atomic E-state index is 0.741. The van der Waals surface area contributed by atoms with Crippen molar-refractivity contribution >= 4 is 85.0 Å². The van der Waals surface area contributed by atoms with E-state index in [-0.39, 0.29) is 0 Å². The van der Waals surface area contributed by atoms with Crippen LogP contribution in [0, 0.1) is 0 Å². The van der Waals surface area contributed by atoms with E-state index in [4.69, 9.17) is 9.97 Å². The number of thiophene rings is 2. The van der Waals surface area contributed by atoms with Gasteiger partial charge in [0.15, 0.2) is 5.82 Å². The summed E-state index contributed by atoms with van der Waals surface area (Å²) in [5.74, 6) is 0.741. The molecule has 0 aliphatic rings. The van der Waals surface area contributed by atoms with Crippen molar-refractivity contribution in [2.24, 2.45) is 0 Å². The predicted molar refractivity (Wildman–Crippen MR) is 193 cm³/mol. The standard InChI is InChI=1S/C40H23N3S2/c1-2-12-24(13-3-1)40-41-37-28-17-7-11-21-35(28)45-39(37)38(42-40)30-22-29-27-16-6-10-20-34(27)44-36(29)23-33(30)43-31-18-8-4-14-25(31)26-15-5-9-19-32(26)43/h1-23H. The second kappa shape index (κ2) is 9.57. The Morgan fingerprint density at radius 2 is 1.07 bits per heavy atom. The fourth-order valence-electron chi connectivity index (χ4n) is 6.81. The van der Waals surface area contributed by atoms with Crippen LogP contribution in [0.2, 0.25) is 0 Å². The Balaban J connectivity index is 1.41. The predicted octanol–water partition coefficient (Wildman–Crippen LogP) is 11.6. The summed E-state index contributed by atoms with van der Waals surface area (Å²) in [6.07, 6.45) is 0. The maximum Gasteiger partial charge on any atom is 0.160 e. The lowest BCUT2D eigenvalue weighted by Gasteiger charge is -2.16. The van der Waals surface area contributed by atoms with Crippen LogP contribution in [0.15, 0.2) is 140 Å². The number of fused-ring (bicyclic) bond motifs is 9. The molecule has 10 aromatic rings. The molecule has 5 heteroatoms. The van der Waals surface area contributed by atoms with Crippen LogP contribution in [0.4, 0.5) is 0 Å². The molecule has 0 fully saturated rings. The Morgan fingerprint density at radius 1 is 0.467 bits per heavy atom. The Hall–Kier alpha value is -5.36. The zero-order valence-corrected chi connectivity index (χ0v) is 25.6. The van der Waals surface area contributed by atoms with Crippen LogP contribution in [0.5, 0.6) is 0 Å².